The Hall–Kier alpha value is -2.25. The maximum Gasteiger partial charge on any atom is 0.573 e. The lowest BCUT2D eigenvalue weighted by molar-refractivity contribution is -0.274. The number of benzene rings is 1. The first-order valence-electron chi connectivity index (χ1n) is 8.08. The summed E-state index contributed by atoms with van der Waals surface area (Å²) >= 11 is 0. The number of rotatable bonds is 5. The third-order valence-electron chi connectivity index (χ3n) is 4.34. The van der Waals surface area contributed by atoms with E-state index < -0.39 is 12.3 Å². The van der Waals surface area contributed by atoms with Crippen LogP contribution in [0.2, 0.25) is 0 Å². The van der Waals surface area contributed by atoms with E-state index in [-0.39, 0.29) is 29.9 Å². The molecular formula is C17H21F3N2O3. The molecule has 2 N–H and O–H groups in total. The molecule has 0 radical (unpaired) electrons. The molecule has 1 aromatic rings. The van der Waals surface area contributed by atoms with Crippen molar-refractivity contribution < 1.29 is 27.5 Å². The number of nitrogens with zero attached hydrogens (tertiary/aromatic N) is 1. The lowest BCUT2D eigenvalue weighted by Gasteiger charge is -2.32. The monoisotopic (exact) mass is 358 g/mol. The fourth-order valence-corrected chi connectivity index (χ4v) is 2.94. The van der Waals surface area contributed by atoms with Crippen LogP contribution in [0.3, 0.4) is 0 Å². The van der Waals surface area contributed by atoms with Crippen LogP contribution in [0, 0.1) is 5.92 Å². The van der Waals surface area contributed by atoms with E-state index in [0.717, 1.165) is 12.0 Å². The minimum atomic E-state index is -4.73. The van der Waals surface area contributed by atoms with E-state index in [1.165, 1.54) is 24.3 Å². The summed E-state index contributed by atoms with van der Waals surface area (Å²) in [6.07, 6.45) is -3.09. The first kappa shape index (κ1) is 19.1. The van der Waals surface area contributed by atoms with E-state index in [0.29, 0.717) is 19.5 Å². The number of carbonyl (C=O) groups excluding carboxylic acids is 2. The van der Waals surface area contributed by atoms with Crippen molar-refractivity contribution in [3.63, 3.8) is 0 Å². The molecule has 2 amide bonds. The molecule has 0 bridgehead atoms. The second kappa shape index (κ2) is 7.76. The Bertz CT molecular complexity index is 617. The van der Waals surface area contributed by atoms with Crippen molar-refractivity contribution in [2.45, 2.75) is 38.5 Å². The zero-order valence-electron chi connectivity index (χ0n) is 13.9. The van der Waals surface area contributed by atoms with Crippen molar-refractivity contribution in [3.8, 4) is 5.75 Å². The van der Waals surface area contributed by atoms with Crippen LogP contribution in [-0.2, 0) is 9.59 Å². The summed E-state index contributed by atoms with van der Waals surface area (Å²) in [7, 11) is 0. The molecule has 1 aliphatic heterocycles. The summed E-state index contributed by atoms with van der Waals surface area (Å²) in [5.74, 6) is -1.26. The van der Waals surface area contributed by atoms with Gasteiger partial charge in [0.1, 0.15) is 5.75 Å². The maximum atomic E-state index is 12.4. The van der Waals surface area contributed by atoms with E-state index in [2.05, 4.69) is 4.74 Å². The number of primary amides is 1. The Morgan fingerprint density at radius 3 is 2.52 bits per heavy atom. The van der Waals surface area contributed by atoms with Gasteiger partial charge in [-0.05, 0) is 36.5 Å². The van der Waals surface area contributed by atoms with Crippen molar-refractivity contribution >= 4 is 11.8 Å². The second-order valence-electron chi connectivity index (χ2n) is 6.30. The largest absolute Gasteiger partial charge is 0.573 e. The van der Waals surface area contributed by atoms with Gasteiger partial charge in [0.2, 0.25) is 11.8 Å². The van der Waals surface area contributed by atoms with E-state index in [9.17, 15) is 22.8 Å². The predicted octanol–water partition coefficient (Wildman–Crippen LogP) is 2.80. The smallest absolute Gasteiger partial charge is 0.406 e. The molecule has 1 aliphatic rings. The van der Waals surface area contributed by atoms with Gasteiger partial charge in [-0.1, -0.05) is 19.1 Å². The van der Waals surface area contributed by atoms with Gasteiger partial charge in [-0.2, -0.15) is 0 Å². The number of hydrogen-bond acceptors (Lipinski definition) is 3. The third kappa shape index (κ3) is 5.65. The van der Waals surface area contributed by atoms with Gasteiger partial charge in [-0.25, -0.2) is 0 Å². The molecule has 1 aromatic carbocycles. The molecule has 5 nitrogen and oxygen atoms in total. The van der Waals surface area contributed by atoms with Crippen LogP contribution in [-0.4, -0.2) is 36.2 Å². The van der Waals surface area contributed by atoms with Crippen LogP contribution >= 0.6 is 0 Å². The molecular weight excluding hydrogens is 337 g/mol. The lowest BCUT2D eigenvalue weighted by Crippen LogP contribution is -2.44. The first-order chi connectivity index (χ1) is 11.7. The Morgan fingerprint density at radius 2 is 1.96 bits per heavy atom. The number of piperidine rings is 1. The Labute approximate surface area is 143 Å². The SMILES string of the molecule is CC(CC(=O)N1CCCC(C(N)=O)C1)c1ccc(OC(F)(F)F)cc1. The molecule has 1 fully saturated rings. The molecule has 0 spiro atoms. The minimum absolute atomic E-state index is 0.0888. The highest BCUT2D eigenvalue weighted by atomic mass is 19.4. The number of likely N-dealkylation sites (tertiary alicyclic amines) is 1. The van der Waals surface area contributed by atoms with E-state index in [4.69, 9.17) is 5.73 Å². The topological polar surface area (TPSA) is 72.6 Å². The number of alkyl halides is 3. The summed E-state index contributed by atoms with van der Waals surface area (Å²) < 4.78 is 40.3. The molecule has 1 saturated heterocycles. The first-order valence-corrected chi connectivity index (χ1v) is 8.08. The van der Waals surface area contributed by atoms with E-state index in [1.807, 2.05) is 6.92 Å². The standard InChI is InChI=1S/C17H21F3N2O3/c1-11(12-4-6-14(7-5-12)25-17(18,19)20)9-15(23)22-8-2-3-13(10-22)16(21)24/h4-7,11,13H,2-3,8-10H2,1H3,(H2,21,24). The Balaban J connectivity index is 1.93. The van der Waals surface area contributed by atoms with E-state index in [1.54, 1.807) is 4.90 Å². The molecule has 2 unspecified atom stereocenters. The van der Waals surface area contributed by atoms with Gasteiger partial charge in [-0.3, -0.25) is 9.59 Å². The molecule has 2 atom stereocenters. The number of nitrogens with two attached hydrogens (primary N) is 1. The van der Waals surface area contributed by atoms with Crippen LogP contribution in [0.4, 0.5) is 13.2 Å². The molecule has 138 valence electrons. The second-order valence-corrected chi connectivity index (χ2v) is 6.30. The van der Waals surface area contributed by atoms with Gasteiger partial charge in [0.15, 0.2) is 0 Å². The molecule has 0 aliphatic carbocycles. The van der Waals surface area contributed by atoms with Gasteiger partial charge >= 0.3 is 6.36 Å². The predicted molar refractivity (Wildman–Crippen MR) is 84.7 cm³/mol. The minimum Gasteiger partial charge on any atom is -0.406 e. The number of amides is 2. The molecule has 1 heterocycles. The molecule has 8 heteroatoms. The Morgan fingerprint density at radius 1 is 1.32 bits per heavy atom. The number of ether oxygens (including phenoxy) is 1. The van der Waals surface area contributed by atoms with Crippen molar-refractivity contribution in [1.29, 1.82) is 0 Å². The number of carbonyl (C=O) groups is 2. The summed E-state index contributed by atoms with van der Waals surface area (Å²) in [4.78, 5) is 25.3. The molecule has 0 aromatic heterocycles. The normalized spacial score (nSPS) is 19.4. The summed E-state index contributed by atoms with van der Waals surface area (Å²) in [6.45, 7) is 2.75. The average Bonchev–Trinajstić information content (AvgIpc) is 2.54. The van der Waals surface area contributed by atoms with E-state index >= 15 is 0 Å². The summed E-state index contributed by atoms with van der Waals surface area (Å²) in [5, 5.41) is 0. The molecule has 0 saturated carbocycles. The van der Waals surface area contributed by atoms with Crippen molar-refractivity contribution in [2.75, 3.05) is 13.1 Å². The van der Waals surface area contributed by atoms with Crippen molar-refractivity contribution in [1.82, 2.24) is 4.90 Å². The highest BCUT2D eigenvalue weighted by Gasteiger charge is 2.31. The maximum absolute atomic E-state index is 12.4. The fraction of sp³-hybridized carbons (Fsp3) is 0.529. The van der Waals surface area contributed by atoms with Gasteiger partial charge in [0.25, 0.3) is 0 Å². The van der Waals surface area contributed by atoms with Gasteiger partial charge in [-0.15, -0.1) is 13.2 Å². The fourth-order valence-electron chi connectivity index (χ4n) is 2.94. The Kier molecular flexibility index (Phi) is 5.92. The van der Waals surface area contributed by atoms with Crippen molar-refractivity contribution in [3.05, 3.63) is 29.8 Å². The highest BCUT2D eigenvalue weighted by molar-refractivity contribution is 5.80. The summed E-state index contributed by atoms with van der Waals surface area (Å²) in [6, 6.07) is 5.49. The van der Waals surface area contributed by atoms with Crippen LogP contribution in [0.1, 0.15) is 37.7 Å². The quantitative estimate of drug-likeness (QED) is 0.880. The van der Waals surface area contributed by atoms with Crippen LogP contribution in [0.5, 0.6) is 5.75 Å². The lowest BCUT2D eigenvalue weighted by atomic mass is 9.94. The zero-order valence-corrected chi connectivity index (χ0v) is 13.9. The van der Waals surface area contributed by atoms with Gasteiger partial charge in [0.05, 0.1) is 5.92 Å². The van der Waals surface area contributed by atoms with Crippen molar-refractivity contribution in [2.24, 2.45) is 11.7 Å². The van der Waals surface area contributed by atoms with Crippen LogP contribution in [0.25, 0.3) is 0 Å². The number of hydrogen-bond donors (Lipinski definition) is 1. The van der Waals surface area contributed by atoms with Crippen LogP contribution < -0.4 is 10.5 Å². The number of halogens is 3. The molecule has 2 rings (SSSR count). The van der Waals surface area contributed by atoms with Crippen LogP contribution in [0.15, 0.2) is 24.3 Å². The highest BCUT2D eigenvalue weighted by Crippen LogP contribution is 2.27. The summed E-state index contributed by atoms with van der Waals surface area (Å²) in [5.41, 5.74) is 6.05. The third-order valence-corrected chi connectivity index (χ3v) is 4.34. The van der Waals surface area contributed by atoms with Gasteiger partial charge < -0.3 is 15.4 Å². The van der Waals surface area contributed by atoms with Gasteiger partial charge in [0, 0.05) is 19.5 Å². The molecule has 25 heavy (non-hydrogen) atoms. The average molecular weight is 358 g/mol. The zero-order chi connectivity index (χ0) is 18.6.